The van der Waals surface area contributed by atoms with Crippen molar-refractivity contribution in [1.82, 2.24) is 14.8 Å². The van der Waals surface area contributed by atoms with E-state index in [0.717, 1.165) is 47.8 Å². The Kier molecular flexibility index (Phi) is 3.58. The number of aryl methyl sites for hydroxylation is 1. The molecule has 136 valence electrons. The summed E-state index contributed by atoms with van der Waals surface area (Å²) < 4.78 is 3.12. The summed E-state index contributed by atoms with van der Waals surface area (Å²) in [7, 11) is 0. The maximum absolute atomic E-state index is 13.4. The van der Waals surface area contributed by atoms with Crippen molar-refractivity contribution < 1.29 is 4.79 Å². The molecule has 2 atom stereocenters. The zero-order chi connectivity index (χ0) is 17.9. The zero-order valence-electron chi connectivity index (χ0n) is 14.9. The second kappa shape index (κ2) is 5.65. The summed E-state index contributed by atoms with van der Waals surface area (Å²) in [6.07, 6.45) is 9.93. The van der Waals surface area contributed by atoms with Crippen molar-refractivity contribution in [2.24, 2.45) is 17.3 Å². The molecular formula is C20H23BrN4O. The van der Waals surface area contributed by atoms with Crippen molar-refractivity contribution in [3.8, 4) is 0 Å². The highest BCUT2D eigenvalue weighted by molar-refractivity contribution is 9.10. The van der Waals surface area contributed by atoms with Crippen LogP contribution in [0.15, 0.2) is 35.3 Å². The van der Waals surface area contributed by atoms with E-state index >= 15 is 0 Å². The topological polar surface area (TPSA) is 59.8 Å². The number of carbonyl (C=O) groups is 1. The first kappa shape index (κ1) is 16.5. The van der Waals surface area contributed by atoms with Gasteiger partial charge in [-0.05, 0) is 81.0 Å². The number of hydrogen-bond donors (Lipinski definition) is 1. The van der Waals surface area contributed by atoms with Gasteiger partial charge >= 0.3 is 0 Å². The molecule has 0 radical (unpaired) electrons. The van der Waals surface area contributed by atoms with Crippen molar-refractivity contribution in [3.05, 3.63) is 40.9 Å². The summed E-state index contributed by atoms with van der Waals surface area (Å²) in [5.74, 6) is 1.44. The molecule has 4 bridgehead atoms. The fraction of sp³-hybridized carbons (Fsp3) is 0.550. The Balaban J connectivity index is 1.46. The van der Waals surface area contributed by atoms with Gasteiger partial charge in [-0.15, -0.1) is 0 Å². The van der Waals surface area contributed by atoms with Crippen molar-refractivity contribution in [3.63, 3.8) is 0 Å². The van der Waals surface area contributed by atoms with Gasteiger partial charge in [-0.3, -0.25) is 4.79 Å². The Morgan fingerprint density at radius 1 is 1.27 bits per heavy atom. The molecule has 4 saturated carbocycles. The fourth-order valence-corrected chi connectivity index (χ4v) is 6.43. The van der Waals surface area contributed by atoms with E-state index in [2.05, 4.69) is 36.0 Å². The van der Waals surface area contributed by atoms with E-state index in [1.807, 2.05) is 31.5 Å². The Morgan fingerprint density at radius 3 is 2.69 bits per heavy atom. The van der Waals surface area contributed by atoms with Crippen LogP contribution in [0.1, 0.15) is 44.1 Å². The van der Waals surface area contributed by atoms with Crippen molar-refractivity contribution in [2.45, 2.75) is 51.0 Å². The lowest BCUT2D eigenvalue weighted by molar-refractivity contribution is -0.150. The molecule has 2 unspecified atom stereocenters. The molecular weight excluding hydrogens is 392 g/mol. The maximum atomic E-state index is 13.4. The third-order valence-corrected chi connectivity index (χ3v) is 7.72. The van der Waals surface area contributed by atoms with Gasteiger partial charge in [-0.1, -0.05) is 15.9 Å². The van der Waals surface area contributed by atoms with Crippen molar-refractivity contribution in [1.29, 1.82) is 0 Å². The number of benzene rings is 1. The van der Waals surface area contributed by atoms with Gasteiger partial charge < -0.3 is 5.32 Å². The lowest BCUT2D eigenvalue weighted by Crippen LogP contribution is -2.60. The van der Waals surface area contributed by atoms with E-state index in [0.29, 0.717) is 11.8 Å². The summed E-state index contributed by atoms with van der Waals surface area (Å²) >= 11 is 3.53. The van der Waals surface area contributed by atoms with Gasteiger partial charge in [0.25, 0.3) is 0 Å². The predicted octanol–water partition coefficient (Wildman–Crippen LogP) is 4.28. The van der Waals surface area contributed by atoms with Crippen LogP contribution in [0.5, 0.6) is 0 Å². The second-order valence-corrected chi connectivity index (χ2v) is 9.58. The van der Waals surface area contributed by atoms with Crippen LogP contribution in [-0.2, 0) is 10.3 Å². The van der Waals surface area contributed by atoms with E-state index in [1.165, 1.54) is 6.42 Å². The molecule has 1 N–H and O–H groups in total. The van der Waals surface area contributed by atoms with Crippen LogP contribution in [-0.4, -0.2) is 20.7 Å². The lowest BCUT2D eigenvalue weighted by Gasteiger charge is -2.60. The maximum Gasteiger partial charge on any atom is 0.230 e. The van der Waals surface area contributed by atoms with Crippen LogP contribution >= 0.6 is 15.9 Å². The first-order chi connectivity index (χ1) is 12.5. The Morgan fingerprint density at radius 2 is 2.04 bits per heavy atom. The highest BCUT2D eigenvalue weighted by Gasteiger charge is 2.61. The van der Waals surface area contributed by atoms with Gasteiger partial charge in [0, 0.05) is 10.2 Å². The lowest BCUT2D eigenvalue weighted by atomic mass is 9.46. The van der Waals surface area contributed by atoms with E-state index in [-0.39, 0.29) is 16.9 Å². The van der Waals surface area contributed by atoms with Crippen molar-refractivity contribution >= 4 is 27.5 Å². The summed E-state index contributed by atoms with van der Waals surface area (Å²) in [6, 6.07) is 6.01. The number of carbonyl (C=O) groups excluding carboxylic acids is 1. The summed E-state index contributed by atoms with van der Waals surface area (Å²) in [6.45, 7) is 2.05. The number of anilines is 1. The molecule has 5 nitrogen and oxygen atoms in total. The van der Waals surface area contributed by atoms with Gasteiger partial charge in [-0.25, -0.2) is 9.67 Å². The zero-order valence-corrected chi connectivity index (χ0v) is 16.5. The van der Waals surface area contributed by atoms with Gasteiger partial charge in [0.05, 0.1) is 11.0 Å². The van der Waals surface area contributed by atoms with E-state index < -0.39 is 0 Å². The standard InChI is InChI=1S/C20H23BrN4O/c1-13-4-16(2-3-17(13)21)24-18(26)19-6-14-5-15(7-19)9-20(8-14,10-19)25-12-22-11-23-25/h2-4,11-12,14-15H,5-10H2,1H3,(H,24,26). The molecule has 6 rings (SSSR count). The average Bonchev–Trinajstić information content (AvgIpc) is 3.12. The predicted molar refractivity (Wildman–Crippen MR) is 103 cm³/mol. The number of nitrogens with zero attached hydrogens (tertiary/aromatic N) is 3. The van der Waals surface area contributed by atoms with Gasteiger partial charge in [0.2, 0.25) is 5.91 Å². The third kappa shape index (κ3) is 2.45. The SMILES string of the molecule is Cc1cc(NC(=O)C23CC4CC(C2)CC(n2cncn2)(C4)C3)ccc1Br. The molecule has 6 heteroatoms. The normalized spacial score (nSPS) is 34.8. The number of amides is 1. The second-order valence-electron chi connectivity index (χ2n) is 8.72. The Labute approximate surface area is 161 Å². The molecule has 4 aliphatic carbocycles. The summed E-state index contributed by atoms with van der Waals surface area (Å²) in [4.78, 5) is 17.6. The number of nitrogens with one attached hydrogen (secondary N) is 1. The molecule has 0 saturated heterocycles. The molecule has 0 aliphatic heterocycles. The summed E-state index contributed by atoms with van der Waals surface area (Å²) in [5.41, 5.74) is 1.73. The summed E-state index contributed by atoms with van der Waals surface area (Å²) in [5, 5.41) is 7.70. The van der Waals surface area contributed by atoms with Crippen LogP contribution in [0.4, 0.5) is 5.69 Å². The van der Waals surface area contributed by atoms with Gasteiger partial charge in [0.1, 0.15) is 12.7 Å². The minimum atomic E-state index is -0.267. The van der Waals surface area contributed by atoms with Crippen LogP contribution in [0, 0.1) is 24.2 Å². The molecule has 1 aromatic carbocycles. The third-order valence-electron chi connectivity index (χ3n) is 6.83. The number of hydrogen-bond acceptors (Lipinski definition) is 3. The van der Waals surface area contributed by atoms with E-state index in [4.69, 9.17) is 0 Å². The molecule has 1 aromatic heterocycles. The molecule has 4 aliphatic rings. The largest absolute Gasteiger partial charge is 0.326 e. The van der Waals surface area contributed by atoms with Crippen LogP contribution < -0.4 is 5.32 Å². The molecule has 2 aromatic rings. The first-order valence-electron chi connectivity index (χ1n) is 9.41. The fourth-order valence-electron chi connectivity index (χ4n) is 6.19. The monoisotopic (exact) mass is 414 g/mol. The first-order valence-corrected chi connectivity index (χ1v) is 10.2. The minimum absolute atomic E-state index is 0.0203. The smallest absolute Gasteiger partial charge is 0.230 e. The van der Waals surface area contributed by atoms with Crippen LogP contribution in [0.3, 0.4) is 0 Å². The molecule has 1 amide bonds. The molecule has 0 spiro atoms. The van der Waals surface area contributed by atoms with Crippen LogP contribution in [0.2, 0.25) is 0 Å². The molecule has 4 fully saturated rings. The van der Waals surface area contributed by atoms with Gasteiger partial charge in [-0.2, -0.15) is 5.10 Å². The average molecular weight is 415 g/mol. The number of halogens is 1. The Bertz CT molecular complexity index is 849. The highest BCUT2D eigenvalue weighted by Crippen LogP contribution is 2.64. The number of aromatic nitrogens is 3. The van der Waals surface area contributed by atoms with Crippen molar-refractivity contribution in [2.75, 3.05) is 5.32 Å². The quantitative estimate of drug-likeness (QED) is 0.814. The van der Waals surface area contributed by atoms with Gasteiger partial charge in [0.15, 0.2) is 0 Å². The number of rotatable bonds is 3. The Hall–Kier alpha value is -1.69. The minimum Gasteiger partial charge on any atom is -0.326 e. The molecule has 1 heterocycles. The van der Waals surface area contributed by atoms with Crippen LogP contribution in [0.25, 0.3) is 0 Å². The highest BCUT2D eigenvalue weighted by atomic mass is 79.9. The van der Waals surface area contributed by atoms with E-state index in [9.17, 15) is 4.79 Å². The molecule has 26 heavy (non-hydrogen) atoms. The van der Waals surface area contributed by atoms with E-state index in [1.54, 1.807) is 6.33 Å².